The van der Waals surface area contributed by atoms with Crippen LogP contribution in [0.1, 0.15) is 32.8 Å². The highest BCUT2D eigenvalue weighted by Crippen LogP contribution is 2.35. The molecule has 0 atom stereocenters. The maximum absolute atomic E-state index is 12.5. The van der Waals surface area contributed by atoms with E-state index in [1.165, 1.54) is 40.9 Å². The summed E-state index contributed by atoms with van der Waals surface area (Å²) in [6.45, 7) is 5.82. The molecule has 8 heteroatoms. The molecule has 0 radical (unpaired) electrons. The molecule has 1 aromatic carbocycles. The molecule has 0 spiro atoms. The van der Waals surface area contributed by atoms with Crippen molar-refractivity contribution in [2.24, 2.45) is 0 Å². The molecule has 132 valence electrons. The Morgan fingerprint density at radius 1 is 1.36 bits per heavy atom. The number of non-ortho nitro benzene ring substituents is 1. The Bertz CT molecular complexity index is 745. The van der Waals surface area contributed by atoms with Gasteiger partial charge in [0.25, 0.3) is 5.69 Å². The standard InChI is InChI=1S/C17H19N3O4S/c1-17(2,3)24-16(21)19-9-4-10-25-15(19)14(11-18)12-5-7-13(8-6-12)20(22)23/h5-8H,4,9-10H2,1-3H3/b15-14-. The number of allylic oxidation sites excluding steroid dienone is 1. The molecule has 2 rings (SSSR count). The molecule has 0 bridgehead atoms. The van der Waals surface area contributed by atoms with E-state index in [-0.39, 0.29) is 5.69 Å². The summed E-state index contributed by atoms with van der Waals surface area (Å²) < 4.78 is 5.43. The molecular formula is C17H19N3O4S. The van der Waals surface area contributed by atoms with Gasteiger partial charge in [0.1, 0.15) is 11.7 Å². The van der Waals surface area contributed by atoms with Crippen LogP contribution in [0.25, 0.3) is 5.57 Å². The van der Waals surface area contributed by atoms with Crippen molar-refractivity contribution >= 4 is 29.1 Å². The van der Waals surface area contributed by atoms with Gasteiger partial charge in [-0.15, -0.1) is 11.8 Å². The fourth-order valence-corrected chi connectivity index (χ4v) is 3.35. The van der Waals surface area contributed by atoms with Crippen molar-refractivity contribution in [2.75, 3.05) is 12.3 Å². The lowest BCUT2D eigenvalue weighted by atomic mass is 10.1. The van der Waals surface area contributed by atoms with Crippen molar-refractivity contribution in [3.8, 4) is 6.07 Å². The van der Waals surface area contributed by atoms with Crippen molar-refractivity contribution in [3.05, 3.63) is 45.0 Å². The minimum Gasteiger partial charge on any atom is -0.443 e. The fourth-order valence-electron chi connectivity index (χ4n) is 2.25. The first-order valence-corrected chi connectivity index (χ1v) is 8.74. The van der Waals surface area contributed by atoms with Crippen LogP contribution in [-0.2, 0) is 4.74 Å². The summed E-state index contributed by atoms with van der Waals surface area (Å²) >= 11 is 1.41. The van der Waals surface area contributed by atoms with Crippen LogP contribution in [0.15, 0.2) is 29.3 Å². The summed E-state index contributed by atoms with van der Waals surface area (Å²) in [6, 6.07) is 7.86. The molecule has 0 N–H and O–H groups in total. The molecule has 1 aromatic rings. The van der Waals surface area contributed by atoms with E-state index in [0.29, 0.717) is 22.7 Å². The molecule has 1 saturated heterocycles. The second kappa shape index (κ2) is 7.57. The van der Waals surface area contributed by atoms with Crippen LogP contribution in [0.4, 0.5) is 10.5 Å². The summed E-state index contributed by atoms with van der Waals surface area (Å²) in [5.74, 6) is 0.785. The van der Waals surface area contributed by atoms with E-state index in [1.54, 1.807) is 20.8 Å². The molecule has 1 heterocycles. The lowest BCUT2D eigenvalue weighted by Gasteiger charge is -2.32. The number of ether oxygens (including phenoxy) is 1. The molecule has 0 unspecified atom stereocenters. The Hall–Kier alpha value is -2.53. The lowest BCUT2D eigenvalue weighted by molar-refractivity contribution is -0.384. The number of benzene rings is 1. The average molecular weight is 361 g/mol. The van der Waals surface area contributed by atoms with Gasteiger partial charge in [-0.05, 0) is 44.9 Å². The number of thioether (sulfide) groups is 1. The van der Waals surface area contributed by atoms with Gasteiger partial charge in [0.15, 0.2) is 0 Å². The minimum atomic E-state index is -0.634. The number of hydrogen-bond donors (Lipinski definition) is 0. The monoisotopic (exact) mass is 361 g/mol. The first kappa shape index (κ1) is 18.8. The normalized spacial score (nSPS) is 16.8. The molecule has 1 fully saturated rings. The predicted octanol–water partition coefficient (Wildman–Crippen LogP) is 4.16. The lowest BCUT2D eigenvalue weighted by Crippen LogP contribution is -2.38. The minimum absolute atomic E-state index is 0.0497. The second-order valence-corrected chi connectivity index (χ2v) is 7.51. The van der Waals surface area contributed by atoms with Crippen LogP contribution in [0.2, 0.25) is 0 Å². The van der Waals surface area contributed by atoms with Crippen LogP contribution < -0.4 is 0 Å². The largest absolute Gasteiger partial charge is 0.443 e. The van der Waals surface area contributed by atoms with E-state index >= 15 is 0 Å². The van der Waals surface area contributed by atoms with Gasteiger partial charge in [-0.25, -0.2) is 4.79 Å². The van der Waals surface area contributed by atoms with Gasteiger partial charge >= 0.3 is 6.09 Å². The number of rotatable bonds is 2. The topological polar surface area (TPSA) is 96.5 Å². The van der Waals surface area contributed by atoms with Gasteiger partial charge in [0.05, 0.1) is 15.5 Å². The highest BCUT2D eigenvalue weighted by atomic mass is 32.2. The molecule has 0 saturated carbocycles. The highest BCUT2D eigenvalue weighted by Gasteiger charge is 2.30. The van der Waals surface area contributed by atoms with Crippen molar-refractivity contribution in [1.29, 1.82) is 5.26 Å². The Morgan fingerprint density at radius 3 is 2.52 bits per heavy atom. The van der Waals surface area contributed by atoms with Gasteiger partial charge in [-0.3, -0.25) is 15.0 Å². The third kappa shape index (κ3) is 4.73. The van der Waals surface area contributed by atoms with E-state index in [0.717, 1.165) is 12.2 Å². The molecule has 1 amide bonds. The zero-order valence-corrected chi connectivity index (χ0v) is 15.1. The molecule has 0 aliphatic carbocycles. The quantitative estimate of drug-likeness (QED) is 0.446. The molecule has 1 aliphatic rings. The number of nitriles is 1. The smallest absolute Gasteiger partial charge is 0.415 e. The van der Waals surface area contributed by atoms with Crippen LogP contribution in [0.5, 0.6) is 0 Å². The van der Waals surface area contributed by atoms with E-state index in [9.17, 15) is 20.2 Å². The van der Waals surface area contributed by atoms with Gasteiger partial charge in [-0.1, -0.05) is 0 Å². The van der Waals surface area contributed by atoms with Crippen molar-refractivity contribution in [2.45, 2.75) is 32.8 Å². The maximum atomic E-state index is 12.5. The Labute approximate surface area is 150 Å². The Morgan fingerprint density at radius 2 is 2.00 bits per heavy atom. The molecule has 1 aliphatic heterocycles. The zero-order valence-electron chi connectivity index (χ0n) is 14.3. The molecular weight excluding hydrogens is 342 g/mol. The van der Waals surface area contributed by atoms with E-state index in [1.807, 2.05) is 0 Å². The number of amides is 1. The van der Waals surface area contributed by atoms with E-state index in [2.05, 4.69) is 6.07 Å². The molecule has 7 nitrogen and oxygen atoms in total. The highest BCUT2D eigenvalue weighted by molar-refractivity contribution is 8.03. The maximum Gasteiger partial charge on any atom is 0.415 e. The number of carbonyl (C=O) groups is 1. The van der Waals surface area contributed by atoms with Crippen LogP contribution in [0, 0.1) is 21.4 Å². The second-order valence-electron chi connectivity index (χ2n) is 6.43. The number of nitrogens with zero attached hydrogens (tertiary/aromatic N) is 3. The summed E-state index contributed by atoms with van der Waals surface area (Å²) in [5.41, 5.74) is 0.160. The summed E-state index contributed by atoms with van der Waals surface area (Å²) in [5, 5.41) is 20.9. The summed E-state index contributed by atoms with van der Waals surface area (Å²) in [4.78, 5) is 24.2. The first-order chi connectivity index (χ1) is 11.7. The number of nitro groups is 1. The van der Waals surface area contributed by atoms with Crippen LogP contribution >= 0.6 is 11.8 Å². The SMILES string of the molecule is CC(C)(C)OC(=O)N1CCCS/C1=C(/C#N)c1ccc([N+](=O)[O-])cc1. The van der Waals surface area contributed by atoms with Crippen molar-refractivity contribution in [3.63, 3.8) is 0 Å². The van der Waals surface area contributed by atoms with Crippen molar-refractivity contribution < 1.29 is 14.5 Å². The van der Waals surface area contributed by atoms with Gasteiger partial charge in [0.2, 0.25) is 0 Å². The number of nitro benzene ring substituents is 1. The van der Waals surface area contributed by atoms with Gasteiger partial charge in [0, 0.05) is 24.4 Å². The van der Waals surface area contributed by atoms with E-state index < -0.39 is 16.6 Å². The first-order valence-electron chi connectivity index (χ1n) is 7.75. The Kier molecular flexibility index (Phi) is 5.69. The third-order valence-corrected chi connectivity index (χ3v) is 4.51. The molecule has 25 heavy (non-hydrogen) atoms. The Balaban J connectivity index is 2.41. The summed E-state index contributed by atoms with van der Waals surface area (Å²) in [6.07, 6.45) is 0.302. The number of carbonyl (C=O) groups excluding carboxylic acids is 1. The van der Waals surface area contributed by atoms with Crippen LogP contribution in [-0.4, -0.2) is 33.8 Å². The van der Waals surface area contributed by atoms with Gasteiger partial charge in [-0.2, -0.15) is 5.26 Å². The van der Waals surface area contributed by atoms with Crippen LogP contribution in [0.3, 0.4) is 0 Å². The summed E-state index contributed by atoms with van der Waals surface area (Å²) in [7, 11) is 0. The predicted molar refractivity (Wildman–Crippen MR) is 95.6 cm³/mol. The molecule has 0 aromatic heterocycles. The third-order valence-electron chi connectivity index (χ3n) is 3.32. The number of hydrogen-bond acceptors (Lipinski definition) is 6. The van der Waals surface area contributed by atoms with Crippen molar-refractivity contribution in [1.82, 2.24) is 4.90 Å². The average Bonchev–Trinajstić information content (AvgIpc) is 2.55. The fraction of sp³-hybridized carbons (Fsp3) is 0.412. The zero-order chi connectivity index (χ0) is 18.6. The van der Waals surface area contributed by atoms with E-state index in [4.69, 9.17) is 4.74 Å². The van der Waals surface area contributed by atoms with Gasteiger partial charge < -0.3 is 4.74 Å².